The SMILES string of the molecule is Cc1ccc(S(=O)(=O)N2CCOCC2)cc1C(=O)N1CCC[C@@H]2CCCC[C@H]21. The number of aryl methyl sites for hydroxylation is 1. The fraction of sp³-hybridized carbons (Fsp3) is 0.667. The number of benzene rings is 1. The van der Waals surface area contributed by atoms with Crippen molar-refractivity contribution in [3.8, 4) is 0 Å². The molecular formula is C21H30N2O4S. The molecule has 2 heterocycles. The molecule has 3 aliphatic rings. The van der Waals surface area contributed by atoms with Crippen LogP contribution in [0, 0.1) is 12.8 Å². The maximum Gasteiger partial charge on any atom is 0.254 e. The van der Waals surface area contributed by atoms with Crippen LogP contribution in [0.3, 0.4) is 0 Å². The van der Waals surface area contributed by atoms with Crippen molar-refractivity contribution in [1.82, 2.24) is 9.21 Å². The minimum Gasteiger partial charge on any atom is -0.379 e. The van der Waals surface area contributed by atoms with E-state index in [-0.39, 0.29) is 10.8 Å². The van der Waals surface area contributed by atoms with Crippen molar-refractivity contribution >= 4 is 15.9 Å². The number of morpholine rings is 1. The first-order valence-electron chi connectivity index (χ1n) is 10.5. The van der Waals surface area contributed by atoms with E-state index in [0.29, 0.717) is 43.8 Å². The minimum absolute atomic E-state index is 0.00636. The van der Waals surface area contributed by atoms with Crippen LogP contribution in [0.15, 0.2) is 23.1 Å². The van der Waals surface area contributed by atoms with Gasteiger partial charge in [0.2, 0.25) is 10.0 Å². The summed E-state index contributed by atoms with van der Waals surface area (Å²) in [5.41, 5.74) is 1.37. The molecule has 1 aromatic carbocycles. The van der Waals surface area contributed by atoms with E-state index in [0.717, 1.165) is 24.9 Å². The Hall–Kier alpha value is -1.44. The normalized spacial score (nSPS) is 26.7. The molecule has 1 aliphatic carbocycles. The first kappa shape index (κ1) is 19.9. The summed E-state index contributed by atoms with van der Waals surface area (Å²) in [6.45, 7) is 4.20. The van der Waals surface area contributed by atoms with E-state index in [1.165, 1.54) is 30.0 Å². The molecule has 4 rings (SSSR count). The Kier molecular flexibility index (Phi) is 5.76. The molecule has 0 bridgehead atoms. The average Bonchev–Trinajstić information content (AvgIpc) is 2.73. The van der Waals surface area contributed by atoms with E-state index in [9.17, 15) is 13.2 Å². The maximum atomic E-state index is 13.4. The van der Waals surface area contributed by atoms with Crippen molar-refractivity contribution in [2.75, 3.05) is 32.8 Å². The number of hydrogen-bond donors (Lipinski definition) is 0. The topological polar surface area (TPSA) is 66.9 Å². The van der Waals surface area contributed by atoms with Gasteiger partial charge < -0.3 is 9.64 Å². The molecule has 7 heteroatoms. The van der Waals surface area contributed by atoms with E-state index in [4.69, 9.17) is 4.74 Å². The zero-order chi connectivity index (χ0) is 19.7. The molecule has 28 heavy (non-hydrogen) atoms. The maximum absolute atomic E-state index is 13.4. The molecule has 1 saturated carbocycles. The second-order valence-electron chi connectivity index (χ2n) is 8.25. The first-order valence-corrected chi connectivity index (χ1v) is 11.9. The molecular weight excluding hydrogens is 376 g/mol. The molecule has 3 fully saturated rings. The molecule has 154 valence electrons. The highest BCUT2D eigenvalue weighted by Gasteiger charge is 2.37. The Morgan fingerprint density at radius 2 is 1.75 bits per heavy atom. The van der Waals surface area contributed by atoms with Gasteiger partial charge in [-0.3, -0.25) is 4.79 Å². The number of ether oxygens (including phenoxy) is 1. The van der Waals surface area contributed by atoms with Crippen molar-refractivity contribution in [3.63, 3.8) is 0 Å². The summed E-state index contributed by atoms with van der Waals surface area (Å²) in [5, 5.41) is 0. The summed E-state index contributed by atoms with van der Waals surface area (Å²) in [5.74, 6) is 0.597. The van der Waals surface area contributed by atoms with Gasteiger partial charge in [0.05, 0.1) is 18.1 Å². The molecule has 2 aliphatic heterocycles. The molecule has 1 aromatic rings. The van der Waals surface area contributed by atoms with Crippen LogP contribution < -0.4 is 0 Å². The number of fused-ring (bicyclic) bond motifs is 1. The smallest absolute Gasteiger partial charge is 0.254 e. The molecule has 0 unspecified atom stereocenters. The molecule has 0 spiro atoms. The Morgan fingerprint density at radius 1 is 1.04 bits per heavy atom. The van der Waals surface area contributed by atoms with Crippen molar-refractivity contribution in [1.29, 1.82) is 0 Å². The van der Waals surface area contributed by atoms with Crippen molar-refractivity contribution in [2.24, 2.45) is 5.92 Å². The lowest BCUT2D eigenvalue weighted by atomic mass is 9.78. The van der Waals surface area contributed by atoms with Gasteiger partial charge >= 0.3 is 0 Å². The summed E-state index contributed by atoms with van der Waals surface area (Å²) in [6.07, 6.45) is 6.96. The highest BCUT2D eigenvalue weighted by molar-refractivity contribution is 7.89. The third kappa shape index (κ3) is 3.72. The Balaban J connectivity index is 1.62. The predicted octanol–water partition coefficient (Wildman–Crippen LogP) is 2.81. The van der Waals surface area contributed by atoms with Crippen LogP contribution in [0.25, 0.3) is 0 Å². The summed E-state index contributed by atoms with van der Waals surface area (Å²) in [7, 11) is -3.61. The standard InChI is InChI=1S/C21H30N2O4S/c1-16-8-9-18(28(25,26)22-11-13-27-14-12-22)15-19(16)21(24)23-10-4-6-17-5-2-3-7-20(17)23/h8-9,15,17,20H,2-7,10-14H2,1H3/t17-,20+/m0/s1. The van der Waals surface area contributed by atoms with Gasteiger partial charge in [-0.25, -0.2) is 8.42 Å². The van der Waals surface area contributed by atoms with Gasteiger partial charge in [-0.05, 0) is 56.2 Å². The lowest BCUT2D eigenvalue weighted by Gasteiger charge is -2.44. The Morgan fingerprint density at radius 3 is 2.54 bits per heavy atom. The van der Waals surface area contributed by atoms with Crippen molar-refractivity contribution in [3.05, 3.63) is 29.3 Å². The van der Waals surface area contributed by atoms with E-state index >= 15 is 0 Å². The molecule has 2 atom stereocenters. The van der Waals surface area contributed by atoms with Crippen LogP contribution in [0.5, 0.6) is 0 Å². The molecule has 0 N–H and O–H groups in total. The zero-order valence-electron chi connectivity index (χ0n) is 16.6. The van der Waals surface area contributed by atoms with Crippen LogP contribution in [0.1, 0.15) is 54.4 Å². The molecule has 6 nitrogen and oxygen atoms in total. The number of sulfonamides is 1. The number of hydrogen-bond acceptors (Lipinski definition) is 4. The number of likely N-dealkylation sites (tertiary alicyclic amines) is 1. The number of rotatable bonds is 3. The van der Waals surface area contributed by atoms with Gasteiger partial charge in [0.1, 0.15) is 0 Å². The lowest BCUT2D eigenvalue weighted by molar-refractivity contribution is 0.0389. The van der Waals surface area contributed by atoms with Crippen molar-refractivity contribution < 1.29 is 17.9 Å². The minimum atomic E-state index is -3.61. The summed E-state index contributed by atoms with van der Waals surface area (Å²) in [4.78, 5) is 15.7. The van der Waals surface area contributed by atoms with Gasteiger partial charge in [0, 0.05) is 31.2 Å². The van der Waals surface area contributed by atoms with Gasteiger partial charge in [-0.1, -0.05) is 18.9 Å². The zero-order valence-corrected chi connectivity index (χ0v) is 17.4. The number of carbonyl (C=O) groups is 1. The summed E-state index contributed by atoms with van der Waals surface area (Å²) < 4.78 is 32.8. The van der Waals surface area contributed by atoms with Gasteiger partial charge in [0.15, 0.2) is 0 Å². The molecule has 2 saturated heterocycles. The third-order valence-electron chi connectivity index (χ3n) is 6.55. The fourth-order valence-corrected chi connectivity index (χ4v) is 6.39. The number of piperidine rings is 1. The van der Waals surface area contributed by atoms with Crippen LogP contribution in [0.4, 0.5) is 0 Å². The largest absolute Gasteiger partial charge is 0.379 e. The van der Waals surface area contributed by atoms with Crippen LogP contribution >= 0.6 is 0 Å². The van der Waals surface area contributed by atoms with E-state index in [1.54, 1.807) is 18.2 Å². The highest BCUT2D eigenvalue weighted by Crippen LogP contribution is 2.36. The molecule has 0 aromatic heterocycles. The fourth-order valence-electron chi connectivity index (χ4n) is 4.96. The van der Waals surface area contributed by atoms with Gasteiger partial charge in [-0.2, -0.15) is 4.31 Å². The van der Waals surface area contributed by atoms with Crippen LogP contribution in [0.2, 0.25) is 0 Å². The van der Waals surface area contributed by atoms with Gasteiger partial charge in [0.25, 0.3) is 5.91 Å². The monoisotopic (exact) mass is 406 g/mol. The molecule has 1 amide bonds. The summed E-state index contributed by atoms with van der Waals surface area (Å²) in [6, 6.07) is 5.29. The van der Waals surface area contributed by atoms with Crippen LogP contribution in [-0.2, 0) is 14.8 Å². The van der Waals surface area contributed by atoms with Crippen LogP contribution in [-0.4, -0.2) is 62.4 Å². The lowest BCUT2D eigenvalue weighted by Crippen LogP contribution is -2.49. The average molecular weight is 407 g/mol. The van der Waals surface area contributed by atoms with E-state index in [2.05, 4.69) is 0 Å². The summed E-state index contributed by atoms with van der Waals surface area (Å²) >= 11 is 0. The molecule has 0 radical (unpaired) electrons. The number of nitrogens with zero attached hydrogens (tertiary/aromatic N) is 2. The predicted molar refractivity (Wildman–Crippen MR) is 107 cm³/mol. The third-order valence-corrected chi connectivity index (χ3v) is 8.45. The quantitative estimate of drug-likeness (QED) is 0.774. The highest BCUT2D eigenvalue weighted by atomic mass is 32.2. The van der Waals surface area contributed by atoms with E-state index in [1.807, 2.05) is 11.8 Å². The second kappa shape index (κ2) is 8.13. The second-order valence-corrected chi connectivity index (χ2v) is 10.2. The van der Waals surface area contributed by atoms with Gasteiger partial charge in [-0.15, -0.1) is 0 Å². The first-order chi connectivity index (χ1) is 13.5. The van der Waals surface area contributed by atoms with Crippen molar-refractivity contribution in [2.45, 2.75) is 56.4 Å². The number of amides is 1. The van der Waals surface area contributed by atoms with E-state index < -0.39 is 10.0 Å². The Labute approximate surface area is 167 Å². The number of carbonyl (C=O) groups excluding carboxylic acids is 1. The Bertz CT molecular complexity index is 831.